The molecule has 0 N–H and O–H groups in total. The Labute approximate surface area is 192 Å². The van der Waals surface area contributed by atoms with Crippen LogP contribution in [-0.4, -0.2) is 38.4 Å². The maximum absolute atomic E-state index is 12.4. The number of hydrogen-bond acceptors (Lipinski definition) is 6. The van der Waals surface area contributed by atoms with Crippen molar-refractivity contribution in [1.29, 1.82) is 0 Å². The van der Waals surface area contributed by atoms with Crippen LogP contribution in [0.1, 0.15) is 60.2 Å². The summed E-state index contributed by atoms with van der Waals surface area (Å²) in [4.78, 5) is 24.4. The second-order valence-corrected chi connectivity index (χ2v) is 7.66. The molecule has 0 aliphatic heterocycles. The van der Waals surface area contributed by atoms with E-state index in [9.17, 15) is 9.59 Å². The van der Waals surface area contributed by atoms with Crippen LogP contribution in [0.4, 0.5) is 0 Å². The van der Waals surface area contributed by atoms with Gasteiger partial charge in [-0.05, 0) is 71.7 Å². The molecule has 2 rings (SSSR count). The summed E-state index contributed by atoms with van der Waals surface area (Å²) >= 11 is 3.45. The van der Waals surface area contributed by atoms with Crippen LogP contribution in [0.5, 0.6) is 11.5 Å². The van der Waals surface area contributed by atoms with Crippen LogP contribution in [0, 0.1) is 0 Å². The molecule has 0 bridgehead atoms. The van der Waals surface area contributed by atoms with E-state index in [2.05, 4.69) is 22.9 Å². The fraction of sp³-hybridized carbons (Fsp3) is 0.417. The molecule has 2 aromatic rings. The molecule has 2 aromatic carbocycles. The Morgan fingerprint density at radius 3 is 2.26 bits per heavy atom. The molecule has 6 nitrogen and oxygen atoms in total. The summed E-state index contributed by atoms with van der Waals surface area (Å²) in [6, 6.07) is 11.3. The van der Waals surface area contributed by atoms with Gasteiger partial charge < -0.3 is 18.9 Å². The minimum atomic E-state index is -0.498. The number of rotatable bonds is 13. The summed E-state index contributed by atoms with van der Waals surface area (Å²) < 4.78 is 22.1. The van der Waals surface area contributed by atoms with Crippen molar-refractivity contribution in [2.45, 2.75) is 39.5 Å². The lowest BCUT2D eigenvalue weighted by atomic mass is 10.2. The van der Waals surface area contributed by atoms with Crippen LogP contribution in [0.3, 0.4) is 0 Å². The Bertz CT molecular complexity index is 834. The molecule has 0 saturated heterocycles. The molecule has 0 fully saturated rings. The zero-order chi connectivity index (χ0) is 22.5. The van der Waals surface area contributed by atoms with E-state index < -0.39 is 11.9 Å². The second kappa shape index (κ2) is 13.8. The summed E-state index contributed by atoms with van der Waals surface area (Å²) in [6.07, 6.45) is 4.52. The van der Waals surface area contributed by atoms with Crippen molar-refractivity contribution in [1.82, 2.24) is 0 Å². The highest BCUT2D eigenvalue weighted by Gasteiger charge is 2.13. The van der Waals surface area contributed by atoms with Crippen molar-refractivity contribution in [2.75, 3.05) is 26.4 Å². The van der Waals surface area contributed by atoms with Crippen LogP contribution in [0.2, 0.25) is 0 Å². The quantitative estimate of drug-likeness (QED) is 0.199. The van der Waals surface area contributed by atoms with Gasteiger partial charge in [0.15, 0.2) is 0 Å². The van der Waals surface area contributed by atoms with Crippen molar-refractivity contribution < 1.29 is 28.5 Å². The predicted octanol–water partition coefficient (Wildman–Crippen LogP) is 5.82. The highest BCUT2D eigenvalue weighted by molar-refractivity contribution is 9.10. The number of carbonyl (C=O) groups excluding carboxylic acids is 2. The van der Waals surface area contributed by atoms with E-state index in [0.717, 1.165) is 12.8 Å². The standard InChI is InChI=1S/C24H29BrO6/c1-3-5-6-7-14-29-22-13-10-19(17-21(22)25)24(27)31-20-11-8-18(9-12-20)23(26)30-16-15-28-4-2/h8-13,17H,3-7,14-16H2,1-2H3. The highest BCUT2D eigenvalue weighted by Crippen LogP contribution is 2.27. The largest absolute Gasteiger partial charge is 0.492 e. The summed E-state index contributed by atoms with van der Waals surface area (Å²) in [6.45, 7) is 5.81. The molecule has 31 heavy (non-hydrogen) atoms. The third-order valence-corrected chi connectivity index (χ3v) is 5.01. The first-order valence-corrected chi connectivity index (χ1v) is 11.3. The van der Waals surface area contributed by atoms with Crippen molar-refractivity contribution in [3.8, 4) is 11.5 Å². The number of halogens is 1. The smallest absolute Gasteiger partial charge is 0.343 e. The van der Waals surface area contributed by atoms with Gasteiger partial charge in [0.25, 0.3) is 0 Å². The molecule has 0 saturated carbocycles. The minimum Gasteiger partial charge on any atom is -0.492 e. The van der Waals surface area contributed by atoms with Gasteiger partial charge in [-0.15, -0.1) is 0 Å². The molecule has 0 aliphatic carbocycles. The molecule has 0 aliphatic rings. The van der Waals surface area contributed by atoms with Crippen molar-refractivity contribution in [3.63, 3.8) is 0 Å². The zero-order valence-corrected chi connectivity index (χ0v) is 19.6. The Morgan fingerprint density at radius 2 is 1.58 bits per heavy atom. The Hall–Kier alpha value is -2.38. The molecule has 0 amide bonds. The number of hydrogen-bond donors (Lipinski definition) is 0. The molecule has 0 heterocycles. The Kier molecular flexibility index (Phi) is 11.1. The number of carbonyl (C=O) groups is 2. The van der Waals surface area contributed by atoms with Crippen molar-refractivity contribution in [3.05, 3.63) is 58.1 Å². The topological polar surface area (TPSA) is 71.1 Å². The lowest BCUT2D eigenvalue weighted by Crippen LogP contribution is -2.11. The van der Waals surface area contributed by atoms with E-state index in [1.807, 2.05) is 6.92 Å². The van der Waals surface area contributed by atoms with Gasteiger partial charge >= 0.3 is 11.9 Å². The number of ether oxygens (including phenoxy) is 4. The van der Waals surface area contributed by atoms with Crippen LogP contribution in [-0.2, 0) is 9.47 Å². The van der Waals surface area contributed by atoms with E-state index in [-0.39, 0.29) is 6.61 Å². The van der Waals surface area contributed by atoms with Crippen molar-refractivity contribution >= 4 is 27.9 Å². The molecule has 0 atom stereocenters. The first-order chi connectivity index (χ1) is 15.0. The Morgan fingerprint density at radius 1 is 0.839 bits per heavy atom. The summed E-state index contributed by atoms with van der Waals surface area (Å²) in [7, 11) is 0. The highest BCUT2D eigenvalue weighted by atomic mass is 79.9. The van der Waals surface area contributed by atoms with E-state index in [1.54, 1.807) is 42.5 Å². The van der Waals surface area contributed by atoms with Gasteiger partial charge in [0.2, 0.25) is 0 Å². The SMILES string of the molecule is CCCCCCOc1ccc(C(=O)Oc2ccc(C(=O)OCCOCC)cc2)cc1Br. The number of esters is 2. The van der Waals surface area contributed by atoms with Gasteiger partial charge in [0.05, 0.1) is 28.8 Å². The third kappa shape index (κ3) is 8.71. The van der Waals surface area contributed by atoms with Crippen LogP contribution in [0.25, 0.3) is 0 Å². The van der Waals surface area contributed by atoms with E-state index in [4.69, 9.17) is 18.9 Å². The molecule has 7 heteroatoms. The maximum Gasteiger partial charge on any atom is 0.343 e. The monoisotopic (exact) mass is 492 g/mol. The molecule has 0 unspecified atom stereocenters. The summed E-state index contributed by atoms with van der Waals surface area (Å²) in [5, 5.41) is 0. The first-order valence-electron chi connectivity index (χ1n) is 10.5. The average molecular weight is 493 g/mol. The van der Waals surface area contributed by atoms with Gasteiger partial charge in [-0.2, -0.15) is 0 Å². The molecule has 0 aromatic heterocycles. The fourth-order valence-electron chi connectivity index (χ4n) is 2.70. The molecule has 168 valence electrons. The second-order valence-electron chi connectivity index (χ2n) is 6.80. The summed E-state index contributed by atoms with van der Waals surface area (Å²) in [5.41, 5.74) is 0.768. The van der Waals surface area contributed by atoms with Gasteiger partial charge in [-0.25, -0.2) is 9.59 Å². The average Bonchev–Trinajstić information content (AvgIpc) is 2.77. The molecule has 0 radical (unpaired) electrons. The van der Waals surface area contributed by atoms with Gasteiger partial charge in [0, 0.05) is 6.61 Å². The van der Waals surface area contributed by atoms with E-state index >= 15 is 0 Å². The van der Waals surface area contributed by atoms with Crippen LogP contribution in [0.15, 0.2) is 46.9 Å². The van der Waals surface area contributed by atoms with Crippen LogP contribution < -0.4 is 9.47 Å². The number of benzene rings is 2. The van der Waals surface area contributed by atoms with Crippen LogP contribution >= 0.6 is 15.9 Å². The van der Waals surface area contributed by atoms with Crippen molar-refractivity contribution in [2.24, 2.45) is 0 Å². The Balaban J connectivity index is 1.86. The third-order valence-electron chi connectivity index (χ3n) is 4.39. The predicted molar refractivity (Wildman–Crippen MR) is 122 cm³/mol. The lowest BCUT2D eigenvalue weighted by molar-refractivity contribution is 0.0335. The van der Waals surface area contributed by atoms with Gasteiger partial charge in [-0.3, -0.25) is 0 Å². The molecular weight excluding hydrogens is 464 g/mol. The lowest BCUT2D eigenvalue weighted by Gasteiger charge is -2.10. The first kappa shape index (κ1) is 24.9. The molecular formula is C24H29BrO6. The minimum absolute atomic E-state index is 0.191. The summed E-state index contributed by atoms with van der Waals surface area (Å²) in [5.74, 6) is 0.0810. The fourth-order valence-corrected chi connectivity index (χ4v) is 3.20. The number of unbranched alkanes of at least 4 members (excludes halogenated alkanes) is 3. The van der Waals surface area contributed by atoms with E-state index in [0.29, 0.717) is 46.9 Å². The van der Waals surface area contributed by atoms with Gasteiger partial charge in [0.1, 0.15) is 18.1 Å². The maximum atomic E-state index is 12.4. The molecule has 0 spiro atoms. The zero-order valence-electron chi connectivity index (χ0n) is 18.0. The van der Waals surface area contributed by atoms with Gasteiger partial charge in [-0.1, -0.05) is 26.2 Å². The van der Waals surface area contributed by atoms with E-state index in [1.165, 1.54) is 12.8 Å². The normalized spacial score (nSPS) is 10.5.